The third kappa shape index (κ3) is 4.45. The number of benzene rings is 3. The summed E-state index contributed by atoms with van der Waals surface area (Å²) in [7, 11) is 0. The first-order chi connectivity index (χ1) is 15.7. The van der Waals surface area contributed by atoms with Gasteiger partial charge in [-0.2, -0.15) is 0 Å². The lowest BCUT2D eigenvalue weighted by Gasteiger charge is -2.34. The molecule has 0 saturated carbocycles. The summed E-state index contributed by atoms with van der Waals surface area (Å²) in [5.41, 5.74) is 3.21. The second kappa shape index (κ2) is 9.47. The van der Waals surface area contributed by atoms with Gasteiger partial charge in [-0.1, -0.05) is 36.0 Å². The molecule has 0 bridgehead atoms. The molecule has 3 aromatic rings. The lowest BCUT2D eigenvalue weighted by atomic mass is 9.89. The highest BCUT2D eigenvalue weighted by atomic mass is 32.2. The number of nitrogens with zero attached hydrogens (tertiary/aromatic N) is 2. The van der Waals surface area contributed by atoms with Gasteiger partial charge in [-0.25, -0.2) is 4.39 Å². The Hall–Kier alpha value is -2.63. The number of ketones is 1. The molecule has 3 aromatic carbocycles. The molecule has 0 spiro atoms. The highest BCUT2D eigenvalue weighted by molar-refractivity contribution is 7.99. The fraction of sp³-hybridized carbons (Fsp3) is 0.296. The SMILES string of the molecule is O=C(c1ccc(F)cc1)C1CCN(CCCN2c3ccccc3Sc3ccccc32)CC1. The van der Waals surface area contributed by atoms with Gasteiger partial charge in [-0.3, -0.25) is 4.79 Å². The molecule has 5 heteroatoms. The molecule has 1 fully saturated rings. The van der Waals surface area contributed by atoms with Gasteiger partial charge in [0.05, 0.1) is 11.4 Å². The molecule has 0 amide bonds. The molecule has 0 N–H and O–H groups in total. The van der Waals surface area contributed by atoms with Gasteiger partial charge in [-0.15, -0.1) is 0 Å². The Labute approximate surface area is 193 Å². The predicted octanol–water partition coefficient (Wildman–Crippen LogP) is 6.41. The zero-order valence-corrected chi connectivity index (χ0v) is 18.9. The van der Waals surface area contributed by atoms with Crippen LogP contribution >= 0.6 is 11.8 Å². The number of carbonyl (C=O) groups excluding carboxylic acids is 1. The molecule has 2 aliphatic rings. The molecule has 32 heavy (non-hydrogen) atoms. The second-order valence-corrected chi connectivity index (χ2v) is 9.61. The van der Waals surface area contributed by atoms with Crippen LogP contribution in [0, 0.1) is 11.7 Å². The molecular weight excluding hydrogens is 419 g/mol. The van der Waals surface area contributed by atoms with Crippen molar-refractivity contribution in [1.82, 2.24) is 4.90 Å². The molecule has 2 aliphatic heterocycles. The zero-order chi connectivity index (χ0) is 21.9. The Morgan fingerprint density at radius 3 is 2.06 bits per heavy atom. The molecule has 0 atom stereocenters. The summed E-state index contributed by atoms with van der Waals surface area (Å²) in [6.07, 6.45) is 2.83. The summed E-state index contributed by atoms with van der Waals surface area (Å²) in [5, 5.41) is 0. The number of rotatable bonds is 6. The van der Waals surface area contributed by atoms with Gasteiger partial charge in [0.2, 0.25) is 0 Å². The van der Waals surface area contributed by atoms with Crippen LogP contribution in [0.5, 0.6) is 0 Å². The lowest BCUT2D eigenvalue weighted by Crippen LogP contribution is -2.38. The van der Waals surface area contributed by atoms with E-state index in [0.717, 1.165) is 45.4 Å². The largest absolute Gasteiger partial charge is 0.340 e. The van der Waals surface area contributed by atoms with E-state index >= 15 is 0 Å². The number of fused-ring (bicyclic) bond motifs is 2. The van der Waals surface area contributed by atoms with Crippen LogP contribution in [0.2, 0.25) is 0 Å². The van der Waals surface area contributed by atoms with Crippen molar-refractivity contribution in [3.63, 3.8) is 0 Å². The summed E-state index contributed by atoms with van der Waals surface area (Å²) in [6.45, 7) is 3.90. The third-order valence-corrected chi connectivity index (χ3v) is 7.61. The Morgan fingerprint density at radius 2 is 1.44 bits per heavy atom. The number of carbonyl (C=O) groups is 1. The van der Waals surface area contributed by atoms with Crippen molar-refractivity contribution >= 4 is 28.9 Å². The van der Waals surface area contributed by atoms with E-state index in [9.17, 15) is 9.18 Å². The second-order valence-electron chi connectivity index (χ2n) is 8.53. The van der Waals surface area contributed by atoms with Crippen molar-refractivity contribution in [2.75, 3.05) is 31.1 Å². The molecule has 3 nitrogen and oxygen atoms in total. The standard InChI is InChI=1S/C27H27FN2OS/c28-22-12-10-20(11-13-22)27(31)21-14-18-29(19-15-21)16-5-17-30-23-6-1-3-8-25(23)32-26-9-4-2-7-24(26)30/h1-4,6-13,21H,5,14-19H2. The van der Waals surface area contributed by atoms with Crippen molar-refractivity contribution in [3.05, 3.63) is 84.2 Å². The maximum Gasteiger partial charge on any atom is 0.166 e. The number of likely N-dealkylation sites (tertiary alicyclic amines) is 1. The molecular formula is C27H27FN2OS. The fourth-order valence-corrected chi connectivity index (χ4v) is 5.84. The molecule has 2 heterocycles. The maximum absolute atomic E-state index is 13.1. The summed E-state index contributed by atoms with van der Waals surface area (Å²) in [6, 6.07) is 23.2. The van der Waals surface area contributed by atoms with Crippen molar-refractivity contribution in [2.45, 2.75) is 29.1 Å². The van der Waals surface area contributed by atoms with E-state index in [2.05, 4.69) is 58.3 Å². The number of halogens is 1. The monoisotopic (exact) mass is 446 g/mol. The van der Waals surface area contributed by atoms with Gasteiger partial charge in [0.25, 0.3) is 0 Å². The smallest absolute Gasteiger partial charge is 0.166 e. The van der Waals surface area contributed by atoms with E-state index in [1.807, 2.05) is 11.8 Å². The lowest BCUT2D eigenvalue weighted by molar-refractivity contribution is 0.0840. The molecule has 0 unspecified atom stereocenters. The number of hydrogen-bond donors (Lipinski definition) is 0. The van der Waals surface area contributed by atoms with Crippen LogP contribution in [0.4, 0.5) is 15.8 Å². The normalized spacial score (nSPS) is 16.5. The number of hydrogen-bond acceptors (Lipinski definition) is 4. The number of piperidine rings is 1. The summed E-state index contributed by atoms with van der Waals surface area (Å²) < 4.78 is 13.1. The average Bonchev–Trinajstić information content (AvgIpc) is 2.84. The molecule has 5 rings (SSSR count). The highest BCUT2D eigenvalue weighted by Gasteiger charge is 2.26. The van der Waals surface area contributed by atoms with Crippen LogP contribution in [-0.2, 0) is 0 Å². The Bertz CT molecular complexity index is 1050. The number of anilines is 2. The summed E-state index contributed by atoms with van der Waals surface area (Å²) in [5.74, 6) is -0.0906. The minimum absolute atomic E-state index is 0.0505. The van der Waals surface area contributed by atoms with E-state index in [1.54, 1.807) is 12.1 Å². The van der Waals surface area contributed by atoms with E-state index in [4.69, 9.17) is 0 Å². The van der Waals surface area contributed by atoms with Crippen LogP contribution in [-0.4, -0.2) is 36.9 Å². The predicted molar refractivity (Wildman–Crippen MR) is 129 cm³/mol. The van der Waals surface area contributed by atoms with Crippen LogP contribution in [0.15, 0.2) is 82.6 Å². The first kappa shape index (κ1) is 21.2. The van der Waals surface area contributed by atoms with Crippen molar-refractivity contribution in [1.29, 1.82) is 0 Å². The number of para-hydroxylation sites is 2. The van der Waals surface area contributed by atoms with Gasteiger partial charge in [-0.05, 0) is 87.4 Å². The Balaban J connectivity index is 1.16. The van der Waals surface area contributed by atoms with E-state index in [1.165, 1.54) is 33.3 Å². The minimum atomic E-state index is -0.297. The maximum atomic E-state index is 13.1. The van der Waals surface area contributed by atoms with Gasteiger partial charge >= 0.3 is 0 Å². The minimum Gasteiger partial charge on any atom is -0.340 e. The van der Waals surface area contributed by atoms with E-state index in [-0.39, 0.29) is 17.5 Å². The molecule has 1 saturated heterocycles. The zero-order valence-electron chi connectivity index (χ0n) is 18.0. The van der Waals surface area contributed by atoms with Crippen molar-refractivity contribution in [3.8, 4) is 0 Å². The van der Waals surface area contributed by atoms with Gasteiger partial charge in [0, 0.05) is 27.8 Å². The number of Topliss-reactive ketones (excluding diaryl/α,β-unsaturated/α-hetero) is 1. The van der Waals surface area contributed by atoms with Crippen molar-refractivity contribution in [2.24, 2.45) is 5.92 Å². The van der Waals surface area contributed by atoms with Crippen LogP contribution < -0.4 is 4.90 Å². The van der Waals surface area contributed by atoms with Crippen molar-refractivity contribution < 1.29 is 9.18 Å². The first-order valence-corrected chi connectivity index (χ1v) is 12.2. The molecule has 0 aliphatic carbocycles. The van der Waals surface area contributed by atoms with E-state index in [0.29, 0.717) is 5.56 Å². The highest BCUT2D eigenvalue weighted by Crippen LogP contribution is 2.47. The van der Waals surface area contributed by atoms with Crippen LogP contribution in [0.25, 0.3) is 0 Å². The van der Waals surface area contributed by atoms with Gasteiger partial charge in [0.1, 0.15) is 5.82 Å². The quantitative estimate of drug-likeness (QED) is 0.408. The summed E-state index contributed by atoms with van der Waals surface area (Å²) in [4.78, 5) is 20.3. The third-order valence-electron chi connectivity index (χ3n) is 6.48. The fourth-order valence-electron chi connectivity index (χ4n) is 4.74. The van der Waals surface area contributed by atoms with Crippen LogP contribution in [0.3, 0.4) is 0 Å². The Kier molecular flexibility index (Phi) is 6.28. The average molecular weight is 447 g/mol. The summed E-state index contributed by atoms with van der Waals surface area (Å²) >= 11 is 1.84. The topological polar surface area (TPSA) is 23.6 Å². The molecule has 0 radical (unpaired) electrons. The molecule has 0 aromatic heterocycles. The first-order valence-electron chi connectivity index (χ1n) is 11.3. The van der Waals surface area contributed by atoms with Gasteiger partial charge in [0.15, 0.2) is 5.78 Å². The van der Waals surface area contributed by atoms with Crippen LogP contribution in [0.1, 0.15) is 29.6 Å². The Morgan fingerprint density at radius 1 is 0.844 bits per heavy atom. The van der Waals surface area contributed by atoms with Gasteiger partial charge < -0.3 is 9.80 Å². The molecule has 164 valence electrons. The van der Waals surface area contributed by atoms with E-state index < -0.39 is 0 Å².